The van der Waals surface area contributed by atoms with E-state index < -0.39 is 0 Å². The fourth-order valence-electron chi connectivity index (χ4n) is 3.07. The lowest BCUT2D eigenvalue weighted by atomic mass is 9.96. The third kappa shape index (κ3) is 3.46. The van der Waals surface area contributed by atoms with E-state index in [0.717, 1.165) is 5.92 Å². The number of rotatable bonds is 5. The standard InChI is InChI=1S/C14H26BrN/c1-2-4-13-5-3-9-16(10-6-13)12-14(11-15)7-8-14/h13H,2-12H2,1H3. The molecule has 0 radical (unpaired) electrons. The molecular formula is C14H26BrN. The van der Waals surface area contributed by atoms with Crippen molar-refractivity contribution in [2.24, 2.45) is 11.3 Å². The van der Waals surface area contributed by atoms with Gasteiger partial charge in [0.15, 0.2) is 0 Å². The molecule has 1 saturated carbocycles. The van der Waals surface area contributed by atoms with Crippen LogP contribution >= 0.6 is 15.9 Å². The summed E-state index contributed by atoms with van der Waals surface area (Å²) in [5, 5.41) is 1.22. The number of alkyl halides is 1. The predicted molar refractivity (Wildman–Crippen MR) is 74.2 cm³/mol. The minimum atomic E-state index is 0.671. The van der Waals surface area contributed by atoms with Gasteiger partial charge in [0.25, 0.3) is 0 Å². The molecule has 1 saturated heterocycles. The van der Waals surface area contributed by atoms with Crippen molar-refractivity contribution in [2.75, 3.05) is 25.0 Å². The Labute approximate surface area is 109 Å². The molecule has 0 N–H and O–H groups in total. The Balaban J connectivity index is 1.75. The SMILES string of the molecule is CCCC1CCCN(CC2(CBr)CC2)CC1. The lowest BCUT2D eigenvalue weighted by molar-refractivity contribution is 0.235. The number of hydrogen-bond donors (Lipinski definition) is 0. The van der Waals surface area contributed by atoms with E-state index in [-0.39, 0.29) is 0 Å². The lowest BCUT2D eigenvalue weighted by Crippen LogP contribution is -2.32. The van der Waals surface area contributed by atoms with Gasteiger partial charge in [-0.25, -0.2) is 0 Å². The minimum Gasteiger partial charge on any atom is -0.303 e. The summed E-state index contributed by atoms with van der Waals surface area (Å²) in [6.07, 6.45) is 10.1. The molecule has 0 amide bonds. The van der Waals surface area contributed by atoms with Crippen molar-refractivity contribution in [3.63, 3.8) is 0 Å². The third-order valence-electron chi connectivity index (χ3n) is 4.44. The van der Waals surface area contributed by atoms with Crippen LogP contribution in [-0.4, -0.2) is 29.9 Å². The van der Waals surface area contributed by atoms with Crippen molar-refractivity contribution in [2.45, 2.75) is 51.9 Å². The van der Waals surface area contributed by atoms with Gasteiger partial charge in [0.1, 0.15) is 0 Å². The molecule has 1 aliphatic heterocycles. The van der Waals surface area contributed by atoms with Crippen LogP contribution in [0.2, 0.25) is 0 Å². The van der Waals surface area contributed by atoms with Crippen molar-refractivity contribution < 1.29 is 0 Å². The van der Waals surface area contributed by atoms with Crippen LogP contribution in [0.3, 0.4) is 0 Å². The number of likely N-dealkylation sites (tertiary alicyclic amines) is 1. The van der Waals surface area contributed by atoms with Gasteiger partial charge in [-0.1, -0.05) is 35.7 Å². The normalized spacial score (nSPS) is 30.0. The van der Waals surface area contributed by atoms with Crippen molar-refractivity contribution in [1.29, 1.82) is 0 Å². The van der Waals surface area contributed by atoms with Crippen LogP contribution < -0.4 is 0 Å². The number of halogens is 1. The quantitative estimate of drug-likeness (QED) is 0.689. The summed E-state index contributed by atoms with van der Waals surface area (Å²) in [4.78, 5) is 2.74. The zero-order chi connectivity index (χ0) is 11.4. The summed E-state index contributed by atoms with van der Waals surface area (Å²) in [6.45, 7) is 6.40. The topological polar surface area (TPSA) is 3.24 Å². The van der Waals surface area contributed by atoms with Gasteiger partial charge in [0.2, 0.25) is 0 Å². The Morgan fingerprint density at radius 2 is 2.06 bits per heavy atom. The molecule has 1 unspecified atom stereocenters. The molecule has 1 nitrogen and oxygen atoms in total. The fraction of sp³-hybridized carbons (Fsp3) is 1.00. The molecule has 2 aliphatic rings. The molecule has 16 heavy (non-hydrogen) atoms. The molecule has 0 bridgehead atoms. The lowest BCUT2D eigenvalue weighted by Gasteiger charge is -2.25. The first-order chi connectivity index (χ1) is 7.78. The third-order valence-corrected chi connectivity index (χ3v) is 5.63. The van der Waals surface area contributed by atoms with Crippen LogP contribution in [0.5, 0.6) is 0 Å². The average molecular weight is 288 g/mol. The molecule has 2 fully saturated rings. The Hall–Kier alpha value is 0.440. The van der Waals surface area contributed by atoms with Crippen molar-refractivity contribution in [1.82, 2.24) is 4.90 Å². The van der Waals surface area contributed by atoms with Gasteiger partial charge >= 0.3 is 0 Å². The van der Waals surface area contributed by atoms with Crippen LogP contribution in [0.15, 0.2) is 0 Å². The smallest absolute Gasteiger partial charge is 0.0100 e. The Morgan fingerprint density at radius 1 is 1.25 bits per heavy atom. The minimum absolute atomic E-state index is 0.671. The summed E-state index contributed by atoms with van der Waals surface area (Å²) in [5.41, 5.74) is 0.671. The van der Waals surface area contributed by atoms with Crippen molar-refractivity contribution >= 4 is 15.9 Å². The molecule has 0 aromatic rings. The first-order valence-electron chi connectivity index (χ1n) is 7.06. The van der Waals surface area contributed by atoms with E-state index in [1.807, 2.05) is 0 Å². The molecule has 1 atom stereocenters. The van der Waals surface area contributed by atoms with Gasteiger partial charge in [-0.3, -0.25) is 0 Å². The molecule has 2 heteroatoms. The molecule has 0 aromatic carbocycles. The van der Waals surface area contributed by atoms with Crippen LogP contribution in [0.25, 0.3) is 0 Å². The highest BCUT2D eigenvalue weighted by atomic mass is 79.9. The number of nitrogens with zero attached hydrogens (tertiary/aromatic N) is 1. The molecular weight excluding hydrogens is 262 g/mol. The maximum atomic E-state index is 3.69. The summed E-state index contributed by atoms with van der Waals surface area (Å²) in [6, 6.07) is 0. The molecule has 0 aromatic heterocycles. The largest absolute Gasteiger partial charge is 0.303 e. The highest BCUT2D eigenvalue weighted by Crippen LogP contribution is 2.47. The van der Waals surface area contributed by atoms with E-state index in [9.17, 15) is 0 Å². The van der Waals surface area contributed by atoms with E-state index in [0.29, 0.717) is 5.41 Å². The Kier molecular flexibility index (Phi) is 4.72. The molecule has 1 heterocycles. The van der Waals surface area contributed by atoms with E-state index in [1.54, 1.807) is 0 Å². The molecule has 94 valence electrons. The molecule has 0 spiro atoms. The van der Waals surface area contributed by atoms with Gasteiger partial charge in [0.05, 0.1) is 0 Å². The summed E-state index contributed by atoms with van der Waals surface area (Å²) >= 11 is 3.69. The average Bonchev–Trinajstić information content (AvgIpc) is 3.07. The second kappa shape index (κ2) is 5.86. The van der Waals surface area contributed by atoms with Crippen LogP contribution in [0.4, 0.5) is 0 Å². The van der Waals surface area contributed by atoms with Crippen LogP contribution in [0, 0.1) is 11.3 Å². The van der Waals surface area contributed by atoms with Gasteiger partial charge in [-0.15, -0.1) is 0 Å². The Morgan fingerprint density at radius 3 is 2.69 bits per heavy atom. The summed E-state index contributed by atoms with van der Waals surface area (Å²) in [7, 11) is 0. The Bertz CT molecular complexity index is 213. The van der Waals surface area contributed by atoms with Crippen LogP contribution in [-0.2, 0) is 0 Å². The fourth-order valence-corrected chi connectivity index (χ4v) is 3.80. The van der Waals surface area contributed by atoms with Crippen molar-refractivity contribution in [3.8, 4) is 0 Å². The first kappa shape index (κ1) is 12.9. The maximum Gasteiger partial charge on any atom is 0.0100 e. The van der Waals surface area contributed by atoms with Gasteiger partial charge in [-0.2, -0.15) is 0 Å². The monoisotopic (exact) mass is 287 g/mol. The maximum absolute atomic E-state index is 3.69. The van der Waals surface area contributed by atoms with E-state index in [1.165, 1.54) is 69.9 Å². The van der Waals surface area contributed by atoms with E-state index >= 15 is 0 Å². The summed E-state index contributed by atoms with van der Waals surface area (Å²) in [5.74, 6) is 1.02. The molecule has 1 aliphatic carbocycles. The number of hydrogen-bond acceptors (Lipinski definition) is 1. The zero-order valence-electron chi connectivity index (χ0n) is 10.7. The highest BCUT2D eigenvalue weighted by molar-refractivity contribution is 9.09. The highest BCUT2D eigenvalue weighted by Gasteiger charge is 2.42. The molecule has 2 rings (SSSR count). The van der Waals surface area contributed by atoms with Crippen LogP contribution in [0.1, 0.15) is 51.9 Å². The predicted octanol–water partition coefficient (Wildman–Crippen LogP) is 4.06. The summed E-state index contributed by atoms with van der Waals surface area (Å²) < 4.78 is 0. The second-order valence-corrected chi connectivity index (χ2v) is 6.56. The van der Waals surface area contributed by atoms with Gasteiger partial charge in [0, 0.05) is 11.9 Å². The van der Waals surface area contributed by atoms with Gasteiger partial charge in [-0.05, 0) is 56.5 Å². The van der Waals surface area contributed by atoms with Gasteiger partial charge < -0.3 is 4.90 Å². The second-order valence-electron chi connectivity index (χ2n) is 6.00. The zero-order valence-corrected chi connectivity index (χ0v) is 12.3. The van der Waals surface area contributed by atoms with E-state index in [4.69, 9.17) is 0 Å². The van der Waals surface area contributed by atoms with Crippen molar-refractivity contribution in [3.05, 3.63) is 0 Å². The van der Waals surface area contributed by atoms with E-state index in [2.05, 4.69) is 27.8 Å². The first-order valence-corrected chi connectivity index (χ1v) is 8.18.